The number of aryl methyl sites for hydroxylation is 1. The van der Waals surface area contributed by atoms with Crippen molar-refractivity contribution in [1.29, 1.82) is 0 Å². The molecule has 0 radical (unpaired) electrons. The van der Waals surface area contributed by atoms with Crippen LogP contribution in [0.25, 0.3) is 34.0 Å². The second-order valence-electron chi connectivity index (χ2n) is 7.77. The molecular weight excluding hydrogens is 396 g/mol. The summed E-state index contributed by atoms with van der Waals surface area (Å²) in [5.74, 6) is 1.73. The molecule has 0 bridgehead atoms. The molecule has 1 atom stereocenters. The van der Waals surface area contributed by atoms with Gasteiger partial charge in [-0.15, -0.1) is 5.10 Å². The van der Waals surface area contributed by atoms with E-state index in [0.717, 1.165) is 54.3 Å². The average molecular weight is 416 g/mol. The normalized spacial score (nSPS) is 16.6. The van der Waals surface area contributed by atoms with Gasteiger partial charge in [-0.25, -0.2) is 19.9 Å². The van der Waals surface area contributed by atoms with Crippen LogP contribution < -0.4 is 5.73 Å². The van der Waals surface area contributed by atoms with E-state index in [1.54, 1.807) is 10.7 Å². The highest BCUT2D eigenvalue weighted by Gasteiger charge is 2.24. The molecule has 0 aliphatic carbocycles. The lowest BCUT2D eigenvalue weighted by molar-refractivity contribution is 0.185. The Morgan fingerprint density at radius 3 is 2.97 bits per heavy atom. The number of anilines is 1. The minimum absolute atomic E-state index is 0.230. The number of ether oxygens (including phenoxy) is 1. The Bertz CT molecular complexity index is 1400. The van der Waals surface area contributed by atoms with Gasteiger partial charge in [0.1, 0.15) is 17.6 Å². The van der Waals surface area contributed by atoms with Crippen molar-refractivity contribution >= 4 is 17.2 Å². The fourth-order valence-corrected chi connectivity index (χ4v) is 4.10. The molecule has 5 aromatic rings. The molecule has 6 heterocycles. The highest BCUT2D eigenvalue weighted by Crippen LogP contribution is 2.34. The Labute approximate surface area is 176 Å². The van der Waals surface area contributed by atoms with Crippen LogP contribution in [-0.2, 0) is 11.2 Å². The number of hydrogen-bond acceptors (Lipinski definition) is 8. The summed E-state index contributed by atoms with van der Waals surface area (Å²) in [5, 5.41) is 4.65. The largest absolute Gasteiger partial charge is 0.443 e. The number of oxazole rings is 1. The molecule has 2 N–H and O–H groups in total. The van der Waals surface area contributed by atoms with Crippen LogP contribution in [0.4, 0.5) is 5.95 Å². The highest BCUT2D eigenvalue weighted by atomic mass is 16.5. The summed E-state index contributed by atoms with van der Waals surface area (Å²) in [5.41, 5.74) is 10.9. The smallest absolute Gasteiger partial charge is 0.245 e. The summed E-state index contributed by atoms with van der Waals surface area (Å²) in [6, 6.07) is 3.95. The van der Waals surface area contributed by atoms with Crippen LogP contribution in [-0.4, -0.2) is 47.2 Å². The first-order valence-electron chi connectivity index (χ1n) is 10.1. The van der Waals surface area contributed by atoms with Crippen molar-refractivity contribution in [2.45, 2.75) is 19.8 Å². The van der Waals surface area contributed by atoms with Crippen LogP contribution in [0.3, 0.4) is 0 Å². The van der Waals surface area contributed by atoms with Crippen molar-refractivity contribution in [3.8, 4) is 22.7 Å². The van der Waals surface area contributed by atoms with Gasteiger partial charge < -0.3 is 19.3 Å². The molecule has 10 heteroatoms. The van der Waals surface area contributed by atoms with E-state index in [2.05, 4.69) is 20.1 Å². The molecular formula is C21H20N8O2. The van der Waals surface area contributed by atoms with Gasteiger partial charge in [0, 0.05) is 43.3 Å². The number of nitrogens with two attached hydrogens (primary N) is 1. The van der Waals surface area contributed by atoms with E-state index in [4.69, 9.17) is 19.9 Å². The van der Waals surface area contributed by atoms with Gasteiger partial charge in [-0.2, -0.15) is 4.52 Å². The van der Waals surface area contributed by atoms with Crippen molar-refractivity contribution in [3.05, 3.63) is 48.5 Å². The van der Waals surface area contributed by atoms with Crippen LogP contribution in [0.2, 0.25) is 0 Å². The van der Waals surface area contributed by atoms with Crippen molar-refractivity contribution in [1.82, 2.24) is 34.0 Å². The van der Waals surface area contributed by atoms with Gasteiger partial charge in [0.15, 0.2) is 11.5 Å². The molecule has 0 amide bonds. The summed E-state index contributed by atoms with van der Waals surface area (Å²) in [4.78, 5) is 18.2. The number of nitrogens with zero attached hydrogens (tertiary/aromatic N) is 7. The fraction of sp³-hybridized carbons (Fsp3) is 0.286. The Hall–Kier alpha value is -3.79. The molecule has 1 saturated heterocycles. The summed E-state index contributed by atoms with van der Waals surface area (Å²) in [7, 11) is 0. The lowest BCUT2D eigenvalue weighted by Crippen LogP contribution is -2.07. The first kappa shape index (κ1) is 18.0. The number of nitrogen functional groups attached to an aromatic ring is 1. The van der Waals surface area contributed by atoms with Gasteiger partial charge in [0.05, 0.1) is 11.8 Å². The maximum atomic E-state index is 6.27. The van der Waals surface area contributed by atoms with E-state index >= 15 is 0 Å². The van der Waals surface area contributed by atoms with Crippen LogP contribution in [0.1, 0.15) is 17.9 Å². The highest BCUT2D eigenvalue weighted by molar-refractivity contribution is 5.88. The minimum Gasteiger partial charge on any atom is -0.443 e. The molecule has 1 unspecified atom stereocenters. The molecule has 0 aromatic carbocycles. The molecule has 1 fully saturated rings. The van der Waals surface area contributed by atoms with Crippen molar-refractivity contribution in [3.63, 3.8) is 0 Å². The number of imidazole rings is 1. The van der Waals surface area contributed by atoms with Gasteiger partial charge in [0.2, 0.25) is 11.8 Å². The maximum absolute atomic E-state index is 6.27. The molecule has 1 aliphatic rings. The van der Waals surface area contributed by atoms with Gasteiger partial charge in [0.25, 0.3) is 0 Å². The van der Waals surface area contributed by atoms with Gasteiger partial charge >= 0.3 is 0 Å². The average Bonchev–Trinajstić information content (AvgIpc) is 3.56. The quantitative estimate of drug-likeness (QED) is 0.474. The molecule has 0 spiro atoms. The lowest BCUT2D eigenvalue weighted by Gasteiger charge is -2.10. The molecule has 31 heavy (non-hydrogen) atoms. The van der Waals surface area contributed by atoms with Crippen molar-refractivity contribution < 1.29 is 9.15 Å². The minimum atomic E-state index is 0.230. The number of rotatable bonds is 4. The third kappa shape index (κ3) is 2.95. The Balaban J connectivity index is 1.60. The third-order valence-corrected chi connectivity index (χ3v) is 5.66. The zero-order valence-corrected chi connectivity index (χ0v) is 16.9. The van der Waals surface area contributed by atoms with Crippen molar-refractivity contribution in [2.24, 2.45) is 5.92 Å². The van der Waals surface area contributed by atoms with Crippen LogP contribution >= 0.6 is 0 Å². The first-order valence-corrected chi connectivity index (χ1v) is 10.1. The van der Waals surface area contributed by atoms with E-state index in [1.165, 1.54) is 6.26 Å². The Kier molecular flexibility index (Phi) is 4.00. The summed E-state index contributed by atoms with van der Waals surface area (Å²) in [6.07, 6.45) is 8.68. The molecule has 156 valence electrons. The lowest BCUT2D eigenvalue weighted by atomic mass is 10.0. The molecule has 10 nitrogen and oxygen atoms in total. The van der Waals surface area contributed by atoms with Crippen LogP contribution in [0.15, 0.2) is 41.4 Å². The van der Waals surface area contributed by atoms with E-state index in [1.807, 2.05) is 35.9 Å². The number of fused-ring (bicyclic) bond motifs is 2. The molecule has 1 aliphatic heterocycles. The van der Waals surface area contributed by atoms with Crippen LogP contribution in [0.5, 0.6) is 0 Å². The van der Waals surface area contributed by atoms with Gasteiger partial charge in [-0.1, -0.05) is 0 Å². The standard InChI is InChI=1S/C21H20N8O2/c1-12-9-24-16-3-2-14(10-28(12)16)17-18(20-23-5-7-31-20)26-21(22)29-19(17)25-15(27-29)8-13-4-6-30-11-13/h2-3,5,7,9-10,13H,4,6,8,11H2,1H3,(H2,22,26). The number of aromatic nitrogens is 7. The van der Waals surface area contributed by atoms with E-state index in [-0.39, 0.29) is 5.95 Å². The topological polar surface area (TPSA) is 122 Å². The second-order valence-corrected chi connectivity index (χ2v) is 7.77. The van der Waals surface area contributed by atoms with Gasteiger partial charge in [-0.05, 0) is 31.4 Å². The summed E-state index contributed by atoms with van der Waals surface area (Å²) in [6.45, 7) is 3.52. The second kappa shape index (κ2) is 6.88. The van der Waals surface area contributed by atoms with E-state index < -0.39 is 0 Å². The monoisotopic (exact) mass is 416 g/mol. The fourth-order valence-electron chi connectivity index (χ4n) is 4.10. The summed E-state index contributed by atoms with van der Waals surface area (Å²) < 4.78 is 14.7. The molecule has 0 saturated carbocycles. The number of hydrogen-bond donors (Lipinski definition) is 1. The first-order chi connectivity index (χ1) is 15.2. The van der Waals surface area contributed by atoms with E-state index in [0.29, 0.717) is 23.1 Å². The molecule has 5 aromatic heterocycles. The summed E-state index contributed by atoms with van der Waals surface area (Å²) >= 11 is 0. The third-order valence-electron chi connectivity index (χ3n) is 5.66. The zero-order valence-electron chi connectivity index (χ0n) is 16.9. The number of pyridine rings is 1. The SMILES string of the molecule is Cc1cnc2ccc(-c3c(-c4ncco4)nc(N)n4nc(CC5CCOC5)nc34)cn12. The predicted molar refractivity (Wildman–Crippen MR) is 112 cm³/mol. The zero-order chi connectivity index (χ0) is 20.9. The van der Waals surface area contributed by atoms with E-state index in [9.17, 15) is 0 Å². The maximum Gasteiger partial charge on any atom is 0.245 e. The predicted octanol–water partition coefficient (Wildman–Crippen LogP) is 2.56. The Morgan fingerprint density at radius 2 is 2.16 bits per heavy atom. The molecule has 6 rings (SSSR count). The van der Waals surface area contributed by atoms with Crippen molar-refractivity contribution in [2.75, 3.05) is 18.9 Å². The Morgan fingerprint density at radius 1 is 1.23 bits per heavy atom. The van der Waals surface area contributed by atoms with Crippen LogP contribution in [0, 0.1) is 12.8 Å². The van der Waals surface area contributed by atoms with Gasteiger partial charge in [-0.3, -0.25) is 0 Å².